The summed E-state index contributed by atoms with van der Waals surface area (Å²) >= 11 is 0. The van der Waals surface area contributed by atoms with Crippen LogP contribution in [0.1, 0.15) is 22.8 Å². The first kappa shape index (κ1) is 15.5. The molecule has 2 aromatic rings. The van der Waals surface area contributed by atoms with Crippen molar-refractivity contribution in [2.45, 2.75) is 13.5 Å². The van der Waals surface area contributed by atoms with Crippen molar-refractivity contribution in [1.29, 1.82) is 0 Å². The molecule has 2 amide bonds. The Kier molecular flexibility index (Phi) is 5.48. The first-order valence-corrected chi connectivity index (χ1v) is 6.91. The normalized spacial score (nSPS) is 9.86. The first-order valence-electron chi connectivity index (χ1n) is 6.91. The zero-order chi connectivity index (χ0) is 15.8. The Bertz CT molecular complexity index is 627. The predicted octanol–water partition coefficient (Wildman–Crippen LogP) is 2.58. The SMILES string of the molecule is CCOC(=O)c1ccc(CNC(=O)Nc2ccccn2)cc1. The van der Waals surface area contributed by atoms with Crippen LogP contribution in [0.2, 0.25) is 0 Å². The molecule has 0 aliphatic heterocycles. The van der Waals surface area contributed by atoms with Gasteiger partial charge < -0.3 is 10.1 Å². The molecule has 6 nitrogen and oxygen atoms in total. The third-order valence-corrected chi connectivity index (χ3v) is 2.82. The van der Waals surface area contributed by atoms with Crippen LogP contribution in [0, 0.1) is 0 Å². The number of carbonyl (C=O) groups is 2. The summed E-state index contributed by atoms with van der Waals surface area (Å²) in [4.78, 5) is 27.2. The lowest BCUT2D eigenvalue weighted by Gasteiger charge is -2.07. The van der Waals surface area contributed by atoms with E-state index >= 15 is 0 Å². The van der Waals surface area contributed by atoms with E-state index in [1.165, 1.54) is 0 Å². The Morgan fingerprint density at radius 1 is 1.14 bits per heavy atom. The number of ether oxygens (including phenoxy) is 1. The Morgan fingerprint density at radius 2 is 1.91 bits per heavy atom. The van der Waals surface area contributed by atoms with Crippen molar-refractivity contribution in [1.82, 2.24) is 10.3 Å². The van der Waals surface area contributed by atoms with Gasteiger partial charge in [-0.15, -0.1) is 0 Å². The number of hydrogen-bond donors (Lipinski definition) is 2. The number of benzene rings is 1. The third kappa shape index (κ3) is 4.59. The summed E-state index contributed by atoms with van der Waals surface area (Å²) in [6.07, 6.45) is 1.60. The summed E-state index contributed by atoms with van der Waals surface area (Å²) in [6, 6.07) is 11.8. The quantitative estimate of drug-likeness (QED) is 0.832. The minimum absolute atomic E-state index is 0.340. The fourth-order valence-electron chi connectivity index (χ4n) is 1.75. The molecule has 1 heterocycles. The maximum Gasteiger partial charge on any atom is 0.338 e. The fraction of sp³-hybridized carbons (Fsp3) is 0.188. The molecular weight excluding hydrogens is 282 g/mol. The van der Waals surface area contributed by atoms with E-state index < -0.39 is 0 Å². The minimum Gasteiger partial charge on any atom is -0.462 e. The zero-order valence-corrected chi connectivity index (χ0v) is 12.2. The average molecular weight is 299 g/mol. The summed E-state index contributed by atoms with van der Waals surface area (Å²) in [5.41, 5.74) is 1.37. The van der Waals surface area contributed by atoms with Crippen molar-refractivity contribution in [2.24, 2.45) is 0 Å². The van der Waals surface area contributed by atoms with E-state index in [1.54, 1.807) is 55.6 Å². The molecule has 0 saturated heterocycles. The van der Waals surface area contributed by atoms with Crippen LogP contribution in [0.15, 0.2) is 48.7 Å². The maximum atomic E-state index is 11.7. The van der Waals surface area contributed by atoms with Crippen LogP contribution in [-0.4, -0.2) is 23.6 Å². The summed E-state index contributed by atoms with van der Waals surface area (Å²) in [5, 5.41) is 5.34. The lowest BCUT2D eigenvalue weighted by Crippen LogP contribution is -2.28. The van der Waals surface area contributed by atoms with Crippen LogP contribution in [0.4, 0.5) is 10.6 Å². The van der Waals surface area contributed by atoms with Crippen LogP contribution in [-0.2, 0) is 11.3 Å². The number of rotatable bonds is 5. The molecule has 1 aromatic carbocycles. The van der Waals surface area contributed by atoms with Crippen LogP contribution >= 0.6 is 0 Å². The van der Waals surface area contributed by atoms with Crippen LogP contribution in [0.5, 0.6) is 0 Å². The number of nitrogens with one attached hydrogen (secondary N) is 2. The molecule has 0 saturated carbocycles. The van der Waals surface area contributed by atoms with Gasteiger partial charge in [0.15, 0.2) is 0 Å². The first-order chi connectivity index (χ1) is 10.7. The van der Waals surface area contributed by atoms with Gasteiger partial charge in [-0.1, -0.05) is 18.2 Å². The second kappa shape index (κ2) is 7.78. The van der Waals surface area contributed by atoms with Crippen molar-refractivity contribution in [2.75, 3.05) is 11.9 Å². The highest BCUT2D eigenvalue weighted by molar-refractivity contribution is 5.89. The van der Waals surface area contributed by atoms with Crippen molar-refractivity contribution in [3.8, 4) is 0 Å². The highest BCUT2D eigenvalue weighted by Crippen LogP contribution is 2.06. The standard InChI is InChI=1S/C16H17N3O3/c1-2-22-15(20)13-8-6-12(7-9-13)11-18-16(21)19-14-5-3-4-10-17-14/h3-10H,2,11H2,1H3,(H2,17,18,19,21). The molecule has 0 fully saturated rings. The number of amides is 2. The monoisotopic (exact) mass is 299 g/mol. The Balaban J connectivity index is 1.84. The van der Waals surface area contributed by atoms with Gasteiger partial charge in [0.2, 0.25) is 0 Å². The number of urea groups is 1. The molecule has 0 bridgehead atoms. The second-order valence-corrected chi connectivity index (χ2v) is 4.44. The molecule has 2 N–H and O–H groups in total. The van der Waals surface area contributed by atoms with E-state index in [9.17, 15) is 9.59 Å². The zero-order valence-electron chi connectivity index (χ0n) is 12.2. The van der Waals surface area contributed by atoms with Gasteiger partial charge >= 0.3 is 12.0 Å². The number of hydrogen-bond acceptors (Lipinski definition) is 4. The van der Waals surface area contributed by atoms with E-state index in [-0.39, 0.29) is 12.0 Å². The molecule has 114 valence electrons. The lowest BCUT2D eigenvalue weighted by atomic mass is 10.1. The highest BCUT2D eigenvalue weighted by atomic mass is 16.5. The smallest absolute Gasteiger partial charge is 0.338 e. The number of anilines is 1. The summed E-state index contributed by atoms with van der Waals surface area (Å²) in [5.74, 6) is 0.132. The Labute approximate surface area is 128 Å². The average Bonchev–Trinajstić information content (AvgIpc) is 2.54. The van der Waals surface area contributed by atoms with Gasteiger partial charge in [-0.2, -0.15) is 0 Å². The van der Waals surface area contributed by atoms with Gasteiger partial charge in [0, 0.05) is 12.7 Å². The molecule has 6 heteroatoms. The number of aromatic nitrogens is 1. The second-order valence-electron chi connectivity index (χ2n) is 4.44. The van der Waals surface area contributed by atoms with Crippen molar-refractivity contribution in [3.05, 3.63) is 59.8 Å². The van der Waals surface area contributed by atoms with Gasteiger partial charge in [-0.05, 0) is 36.8 Å². The Hall–Kier alpha value is -2.89. The molecule has 0 aliphatic rings. The molecular formula is C16H17N3O3. The lowest BCUT2D eigenvalue weighted by molar-refractivity contribution is 0.0526. The van der Waals surface area contributed by atoms with E-state index in [2.05, 4.69) is 15.6 Å². The van der Waals surface area contributed by atoms with E-state index in [4.69, 9.17) is 4.74 Å². The number of nitrogens with zero attached hydrogens (tertiary/aromatic N) is 1. The van der Waals surface area contributed by atoms with E-state index in [0.29, 0.717) is 24.5 Å². The van der Waals surface area contributed by atoms with Crippen molar-refractivity contribution >= 4 is 17.8 Å². The summed E-state index contributed by atoms with van der Waals surface area (Å²) in [6.45, 7) is 2.45. The van der Waals surface area contributed by atoms with Crippen LogP contribution in [0.25, 0.3) is 0 Å². The largest absolute Gasteiger partial charge is 0.462 e. The molecule has 0 spiro atoms. The van der Waals surface area contributed by atoms with E-state index in [0.717, 1.165) is 5.56 Å². The molecule has 0 unspecified atom stereocenters. The fourth-order valence-corrected chi connectivity index (χ4v) is 1.75. The van der Waals surface area contributed by atoms with Gasteiger partial charge in [0.1, 0.15) is 5.82 Å². The van der Waals surface area contributed by atoms with Crippen molar-refractivity contribution < 1.29 is 14.3 Å². The molecule has 22 heavy (non-hydrogen) atoms. The van der Waals surface area contributed by atoms with Gasteiger partial charge in [0.25, 0.3) is 0 Å². The molecule has 0 atom stereocenters. The van der Waals surface area contributed by atoms with Crippen LogP contribution in [0.3, 0.4) is 0 Å². The van der Waals surface area contributed by atoms with Crippen LogP contribution < -0.4 is 10.6 Å². The van der Waals surface area contributed by atoms with Gasteiger partial charge in [0.05, 0.1) is 12.2 Å². The summed E-state index contributed by atoms with van der Waals surface area (Å²) < 4.78 is 4.91. The number of pyridine rings is 1. The maximum absolute atomic E-state index is 11.7. The highest BCUT2D eigenvalue weighted by Gasteiger charge is 2.06. The molecule has 0 radical (unpaired) electrons. The Morgan fingerprint density at radius 3 is 2.55 bits per heavy atom. The third-order valence-electron chi connectivity index (χ3n) is 2.82. The van der Waals surface area contributed by atoms with Gasteiger partial charge in [-0.3, -0.25) is 5.32 Å². The molecule has 0 aliphatic carbocycles. The molecule has 1 aromatic heterocycles. The minimum atomic E-state index is -0.352. The predicted molar refractivity (Wildman–Crippen MR) is 82.5 cm³/mol. The van der Waals surface area contributed by atoms with E-state index in [1.807, 2.05) is 0 Å². The number of carbonyl (C=O) groups excluding carboxylic acids is 2. The summed E-state index contributed by atoms with van der Waals surface area (Å²) in [7, 11) is 0. The number of esters is 1. The van der Waals surface area contributed by atoms with Crippen molar-refractivity contribution in [3.63, 3.8) is 0 Å². The topological polar surface area (TPSA) is 80.3 Å². The van der Waals surface area contributed by atoms with Gasteiger partial charge in [-0.25, -0.2) is 14.6 Å². The molecule has 2 rings (SSSR count).